The van der Waals surface area contributed by atoms with Crippen molar-refractivity contribution in [3.8, 4) is 39.5 Å². The van der Waals surface area contributed by atoms with Gasteiger partial charge in [-0.1, -0.05) is 20.8 Å². The third-order valence-corrected chi connectivity index (χ3v) is 7.23. The lowest BCUT2D eigenvalue weighted by Gasteiger charge is -2.17. The van der Waals surface area contributed by atoms with E-state index in [0.29, 0.717) is 47.9 Å². The zero-order valence-corrected chi connectivity index (χ0v) is 25.9. The van der Waals surface area contributed by atoms with Crippen molar-refractivity contribution in [1.29, 1.82) is 0 Å². The molecule has 11 heteroatoms. The molecule has 0 radical (unpaired) electrons. The number of aromatic amines is 2. The number of amides is 1. The third-order valence-electron chi connectivity index (χ3n) is 7.23. The van der Waals surface area contributed by atoms with Crippen LogP contribution in [0.4, 0.5) is 10.1 Å². The number of pyridine rings is 3. The molecule has 0 aliphatic rings. The highest BCUT2D eigenvalue weighted by Gasteiger charge is 2.18. The first kappa shape index (κ1) is 29.9. The van der Waals surface area contributed by atoms with E-state index < -0.39 is 5.82 Å². The number of nitrogens with zero attached hydrogens (tertiary/aromatic N) is 5. The molecule has 0 spiro atoms. The molecule has 3 N–H and O–H groups in total. The Balaban J connectivity index is 1.33. The van der Waals surface area contributed by atoms with Gasteiger partial charge in [-0.2, -0.15) is 5.10 Å². The van der Waals surface area contributed by atoms with Crippen molar-refractivity contribution in [3.05, 3.63) is 73.1 Å². The molecule has 230 valence electrons. The molecule has 0 aliphatic heterocycles. The fourth-order valence-corrected chi connectivity index (χ4v) is 5.16. The van der Waals surface area contributed by atoms with Gasteiger partial charge in [0.2, 0.25) is 5.91 Å². The summed E-state index contributed by atoms with van der Waals surface area (Å²) in [4.78, 5) is 31.5. The number of hydrogen-bond acceptors (Lipinski definition) is 7. The van der Waals surface area contributed by atoms with Crippen LogP contribution in [0.2, 0.25) is 0 Å². The molecule has 10 nitrogen and oxygen atoms in total. The number of benzene rings is 1. The molecule has 6 rings (SSSR count). The van der Waals surface area contributed by atoms with E-state index in [0.717, 1.165) is 38.8 Å². The van der Waals surface area contributed by atoms with Crippen LogP contribution in [0.3, 0.4) is 0 Å². The Labute approximate surface area is 260 Å². The Morgan fingerprint density at radius 3 is 2.60 bits per heavy atom. The van der Waals surface area contributed by atoms with Crippen molar-refractivity contribution in [2.24, 2.45) is 5.41 Å². The maximum Gasteiger partial charge on any atom is 0.224 e. The number of aromatic nitrogens is 6. The van der Waals surface area contributed by atoms with Crippen molar-refractivity contribution in [2.75, 3.05) is 32.6 Å². The molecule has 5 heterocycles. The molecule has 0 atom stereocenters. The minimum atomic E-state index is -0.396. The normalized spacial score (nSPS) is 11.9. The van der Waals surface area contributed by atoms with E-state index in [1.807, 2.05) is 70.1 Å². The average Bonchev–Trinajstić information content (AvgIpc) is 3.59. The quantitative estimate of drug-likeness (QED) is 0.168. The largest absolute Gasteiger partial charge is 0.492 e. The number of likely N-dealkylation sites (N-methyl/N-ethyl adjacent to an activating group) is 1. The fourth-order valence-electron chi connectivity index (χ4n) is 5.16. The number of anilines is 1. The Kier molecular flexibility index (Phi) is 8.03. The Morgan fingerprint density at radius 2 is 1.80 bits per heavy atom. The van der Waals surface area contributed by atoms with Gasteiger partial charge in [0.25, 0.3) is 0 Å². The van der Waals surface area contributed by atoms with E-state index in [-0.39, 0.29) is 11.3 Å². The molecule has 0 saturated heterocycles. The number of hydrogen-bond donors (Lipinski definition) is 3. The molecule has 45 heavy (non-hydrogen) atoms. The van der Waals surface area contributed by atoms with Crippen molar-refractivity contribution in [2.45, 2.75) is 27.2 Å². The van der Waals surface area contributed by atoms with Crippen LogP contribution in [0.15, 0.2) is 67.3 Å². The highest BCUT2D eigenvalue weighted by molar-refractivity contribution is 6.00. The molecule has 5 aromatic heterocycles. The molecule has 0 bridgehead atoms. The summed E-state index contributed by atoms with van der Waals surface area (Å²) in [6.45, 7) is 7.23. The van der Waals surface area contributed by atoms with Crippen LogP contribution in [0.25, 0.3) is 55.7 Å². The van der Waals surface area contributed by atoms with Gasteiger partial charge in [0.05, 0.1) is 29.0 Å². The van der Waals surface area contributed by atoms with Crippen molar-refractivity contribution < 1.29 is 13.9 Å². The van der Waals surface area contributed by atoms with Gasteiger partial charge in [0.1, 0.15) is 18.2 Å². The second kappa shape index (κ2) is 12.1. The zero-order chi connectivity index (χ0) is 31.7. The Bertz CT molecular complexity index is 2010. The van der Waals surface area contributed by atoms with Crippen LogP contribution in [-0.2, 0) is 4.79 Å². The summed E-state index contributed by atoms with van der Waals surface area (Å²) in [5.74, 6) is -0.00884. The van der Waals surface area contributed by atoms with Crippen LogP contribution in [0.5, 0.6) is 5.75 Å². The summed E-state index contributed by atoms with van der Waals surface area (Å²) in [5, 5.41) is 12.1. The van der Waals surface area contributed by atoms with Crippen LogP contribution < -0.4 is 10.1 Å². The number of rotatable bonds is 9. The van der Waals surface area contributed by atoms with Gasteiger partial charge in [-0.25, -0.2) is 9.37 Å². The van der Waals surface area contributed by atoms with Crippen LogP contribution in [-0.4, -0.2) is 68.2 Å². The van der Waals surface area contributed by atoms with E-state index in [2.05, 4.69) is 35.5 Å². The predicted molar refractivity (Wildman–Crippen MR) is 174 cm³/mol. The minimum Gasteiger partial charge on any atom is -0.492 e. The number of ether oxygens (including phenoxy) is 1. The molecule has 0 aliphatic carbocycles. The van der Waals surface area contributed by atoms with Crippen molar-refractivity contribution in [1.82, 2.24) is 35.0 Å². The summed E-state index contributed by atoms with van der Waals surface area (Å²) in [5.41, 5.74) is 6.29. The lowest BCUT2D eigenvalue weighted by molar-refractivity contribution is -0.117. The predicted octanol–water partition coefficient (Wildman–Crippen LogP) is 6.68. The van der Waals surface area contributed by atoms with Gasteiger partial charge < -0.3 is 19.9 Å². The number of nitrogens with one attached hydrogen (secondary N) is 3. The monoisotopic (exact) mass is 606 g/mol. The first-order valence-corrected chi connectivity index (χ1v) is 14.7. The smallest absolute Gasteiger partial charge is 0.224 e. The van der Waals surface area contributed by atoms with Crippen LogP contribution >= 0.6 is 0 Å². The molecule has 0 unspecified atom stereocenters. The van der Waals surface area contributed by atoms with Gasteiger partial charge in [-0.05, 0) is 55.9 Å². The molecular formula is C34H35FN8O2. The standard InChI is InChI=1S/C34H35FN8O2/c1-34(2,3)16-30(44)39-24-11-21(17-36-19-24)22-13-27-32(41-42-33(27)38-18-22)29-15-26-28(40-29)6-7-37-31(26)20-10-23(35)14-25(12-20)45-9-8-43(4)5/h6-7,10-15,17-19,40H,8-9,16H2,1-5H3,(H,39,44)(H,38,41,42). The third kappa shape index (κ3) is 6.83. The van der Waals surface area contributed by atoms with E-state index in [1.165, 1.54) is 12.1 Å². The number of carbonyl (C=O) groups excluding carboxylic acids is 1. The lowest BCUT2D eigenvalue weighted by Crippen LogP contribution is -2.19. The first-order chi connectivity index (χ1) is 21.5. The van der Waals surface area contributed by atoms with Gasteiger partial charge in [-0.15, -0.1) is 0 Å². The molecule has 0 saturated carbocycles. The number of halogens is 1. The van der Waals surface area contributed by atoms with Gasteiger partial charge in [0.15, 0.2) is 5.65 Å². The lowest BCUT2D eigenvalue weighted by atomic mass is 9.92. The molecule has 1 amide bonds. The second-order valence-corrected chi connectivity index (χ2v) is 12.6. The maximum atomic E-state index is 14.7. The summed E-state index contributed by atoms with van der Waals surface area (Å²) in [6.07, 6.45) is 7.20. The molecule has 0 fully saturated rings. The van der Waals surface area contributed by atoms with Crippen LogP contribution in [0, 0.1) is 11.2 Å². The molecular weight excluding hydrogens is 571 g/mol. The number of carbonyl (C=O) groups is 1. The van der Waals surface area contributed by atoms with E-state index in [4.69, 9.17) is 4.74 Å². The highest BCUT2D eigenvalue weighted by Crippen LogP contribution is 2.35. The van der Waals surface area contributed by atoms with E-state index in [9.17, 15) is 9.18 Å². The van der Waals surface area contributed by atoms with Gasteiger partial charge in [-0.3, -0.25) is 19.9 Å². The summed E-state index contributed by atoms with van der Waals surface area (Å²) in [6, 6.07) is 12.4. The summed E-state index contributed by atoms with van der Waals surface area (Å²) in [7, 11) is 3.92. The number of fused-ring (bicyclic) bond motifs is 2. The average molecular weight is 607 g/mol. The SMILES string of the molecule is CN(C)CCOc1cc(F)cc(-c2nccc3[nH]c(-c4[nH]nc5ncc(-c6cncc(NC(=O)CC(C)(C)C)c6)cc45)cc23)c1. The second-order valence-electron chi connectivity index (χ2n) is 12.6. The van der Waals surface area contributed by atoms with Crippen LogP contribution in [0.1, 0.15) is 27.2 Å². The van der Waals surface area contributed by atoms with Gasteiger partial charge >= 0.3 is 0 Å². The first-order valence-electron chi connectivity index (χ1n) is 14.7. The number of H-pyrrole nitrogens is 2. The summed E-state index contributed by atoms with van der Waals surface area (Å²) < 4.78 is 20.5. The topological polar surface area (TPSA) is 125 Å². The zero-order valence-electron chi connectivity index (χ0n) is 25.9. The fraction of sp³-hybridized carbons (Fsp3) is 0.265. The van der Waals surface area contributed by atoms with Gasteiger partial charge in [0, 0.05) is 70.6 Å². The Hall–Kier alpha value is -5.16. The van der Waals surface area contributed by atoms with E-state index >= 15 is 0 Å². The van der Waals surface area contributed by atoms with Crippen molar-refractivity contribution >= 4 is 33.5 Å². The minimum absolute atomic E-state index is 0.0638. The summed E-state index contributed by atoms with van der Waals surface area (Å²) >= 11 is 0. The van der Waals surface area contributed by atoms with Crippen molar-refractivity contribution in [3.63, 3.8) is 0 Å². The maximum absolute atomic E-state index is 14.7. The van der Waals surface area contributed by atoms with E-state index in [1.54, 1.807) is 24.8 Å². The molecule has 6 aromatic rings. The Morgan fingerprint density at radius 1 is 0.978 bits per heavy atom. The molecule has 1 aromatic carbocycles. The highest BCUT2D eigenvalue weighted by atomic mass is 19.1.